The summed E-state index contributed by atoms with van der Waals surface area (Å²) in [5.74, 6) is -0.556. The number of rotatable bonds is 7. The van der Waals surface area contributed by atoms with Crippen molar-refractivity contribution >= 4 is 12.0 Å². The van der Waals surface area contributed by atoms with Crippen LogP contribution in [0.2, 0.25) is 0 Å². The van der Waals surface area contributed by atoms with E-state index in [9.17, 15) is 9.59 Å². The molecule has 0 aliphatic carbocycles. The highest BCUT2D eigenvalue weighted by atomic mass is 16.4. The zero-order valence-corrected chi connectivity index (χ0v) is 12.5. The molecule has 1 saturated heterocycles. The van der Waals surface area contributed by atoms with E-state index in [0.29, 0.717) is 25.3 Å². The van der Waals surface area contributed by atoms with Gasteiger partial charge in [0.15, 0.2) is 0 Å². The maximum absolute atomic E-state index is 11.6. The number of amides is 2. The van der Waals surface area contributed by atoms with Crippen LogP contribution < -0.4 is 10.6 Å². The quantitative estimate of drug-likeness (QED) is 0.612. The van der Waals surface area contributed by atoms with Crippen molar-refractivity contribution in [1.82, 2.24) is 15.5 Å². The van der Waals surface area contributed by atoms with E-state index < -0.39 is 5.97 Å². The highest BCUT2D eigenvalue weighted by Crippen LogP contribution is 2.14. The average molecular weight is 285 g/mol. The molecule has 1 aliphatic rings. The number of carbonyl (C=O) groups is 2. The second-order valence-electron chi connectivity index (χ2n) is 5.76. The molecule has 0 aromatic carbocycles. The number of carboxylic acid groups (broad SMARTS) is 1. The van der Waals surface area contributed by atoms with E-state index >= 15 is 0 Å². The van der Waals surface area contributed by atoms with E-state index in [1.165, 1.54) is 0 Å². The molecule has 3 N–H and O–H groups in total. The van der Waals surface area contributed by atoms with Gasteiger partial charge in [-0.1, -0.05) is 6.92 Å². The molecule has 2 amide bonds. The lowest BCUT2D eigenvalue weighted by Gasteiger charge is -2.28. The van der Waals surface area contributed by atoms with Gasteiger partial charge in [-0.15, -0.1) is 0 Å². The van der Waals surface area contributed by atoms with Gasteiger partial charge in [-0.2, -0.15) is 0 Å². The third kappa shape index (κ3) is 6.75. The summed E-state index contributed by atoms with van der Waals surface area (Å²) in [6.45, 7) is 5.13. The van der Waals surface area contributed by atoms with Crippen LogP contribution in [0.3, 0.4) is 0 Å². The van der Waals surface area contributed by atoms with Crippen molar-refractivity contribution in [2.75, 3.05) is 33.2 Å². The topological polar surface area (TPSA) is 81.7 Å². The minimum Gasteiger partial charge on any atom is -0.481 e. The molecule has 0 spiro atoms. The maximum Gasteiger partial charge on any atom is 0.314 e. The number of hydrogen-bond acceptors (Lipinski definition) is 3. The van der Waals surface area contributed by atoms with Gasteiger partial charge >= 0.3 is 12.0 Å². The Morgan fingerprint density at radius 2 is 1.95 bits per heavy atom. The summed E-state index contributed by atoms with van der Waals surface area (Å²) >= 11 is 0. The van der Waals surface area contributed by atoms with Crippen molar-refractivity contribution in [2.45, 2.75) is 32.6 Å². The van der Waals surface area contributed by atoms with Gasteiger partial charge < -0.3 is 20.6 Å². The lowest BCUT2D eigenvalue weighted by atomic mass is 9.97. The summed E-state index contributed by atoms with van der Waals surface area (Å²) in [5, 5.41) is 14.4. The molecule has 1 aliphatic heterocycles. The highest BCUT2D eigenvalue weighted by Gasteiger charge is 2.17. The van der Waals surface area contributed by atoms with Crippen LogP contribution >= 0.6 is 0 Å². The van der Waals surface area contributed by atoms with Crippen LogP contribution in [0, 0.1) is 11.8 Å². The second-order valence-corrected chi connectivity index (χ2v) is 5.76. The van der Waals surface area contributed by atoms with E-state index in [0.717, 1.165) is 32.5 Å². The van der Waals surface area contributed by atoms with Gasteiger partial charge in [-0.05, 0) is 51.7 Å². The molecule has 20 heavy (non-hydrogen) atoms. The first-order valence-electron chi connectivity index (χ1n) is 7.42. The predicted octanol–water partition coefficient (Wildman–Crippen LogP) is 1.13. The van der Waals surface area contributed by atoms with Gasteiger partial charge in [0, 0.05) is 13.1 Å². The first-order chi connectivity index (χ1) is 9.49. The molecule has 1 fully saturated rings. The zero-order valence-electron chi connectivity index (χ0n) is 12.5. The Labute approximate surface area is 120 Å². The lowest BCUT2D eigenvalue weighted by molar-refractivity contribution is -0.141. The molecule has 0 aromatic heterocycles. The van der Waals surface area contributed by atoms with Crippen LogP contribution in [-0.2, 0) is 4.79 Å². The van der Waals surface area contributed by atoms with Crippen molar-refractivity contribution in [3.05, 3.63) is 0 Å². The van der Waals surface area contributed by atoms with Crippen LogP contribution in [0.5, 0.6) is 0 Å². The summed E-state index contributed by atoms with van der Waals surface area (Å²) in [5.41, 5.74) is 0. The summed E-state index contributed by atoms with van der Waals surface area (Å²) < 4.78 is 0. The summed E-state index contributed by atoms with van der Waals surface area (Å²) in [4.78, 5) is 24.5. The lowest BCUT2D eigenvalue weighted by Crippen LogP contribution is -2.41. The molecule has 6 nitrogen and oxygen atoms in total. The van der Waals surface area contributed by atoms with Gasteiger partial charge in [0.05, 0.1) is 5.92 Å². The molecule has 0 saturated carbocycles. The molecular weight excluding hydrogens is 258 g/mol. The maximum atomic E-state index is 11.6. The van der Waals surface area contributed by atoms with Crippen LogP contribution in [0.25, 0.3) is 0 Å². The number of carboxylic acids is 1. The molecule has 1 rings (SSSR count). The van der Waals surface area contributed by atoms with E-state index in [1.807, 2.05) is 0 Å². The van der Waals surface area contributed by atoms with Crippen molar-refractivity contribution < 1.29 is 14.7 Å². The van der Waals surface area contributed by atoms with Crippen LogP contribution in [0.4, 0.5) is 4.79 Å². The molecule has 116 valence electrons. The standard InChI is InChI=1S/C14H27N3O3/c1-11(13(18)19)4-3-7-15-14(20)16-10-12-5-8-17(2)9-6-12/h11-12H,3-10H2,1-2H3,(H,18,19)(H2,15,16,20). The Morgan fingerprint density at radius 1 is 1.30 bits per heavy atom. The van der Waals surface area contributed by atoms with Gasteiger partial charge in [-0.25, -0.2) is 4.79 Å². The van der Waals surface area contributed by atoms with Crippen LogP contribution in [-0.4, -0.2) is 55.2 Å². The normalized spacial score (nSPS) is 18.5. The van der Waals surface area contributed by atoms with Crippen molar-refractivity contribution in [2.24, 2.45) is 11.8 Å². The fourth-order valence-electron chi connectivity index (χ4n) is 2.30. The molecular formula is C14H27N3O3. The first kappa shape index (κ1) is 16.8. The van der Waals surface area contributed by atoms with E-state index in [-0.39, 0.29) is 11.9 Å². The third-order valence-corrected chi connectivity index (χ3v) is 3.91. The van der Waals surface area contributed by atoms with E-state index in [4.69, 9.17) is 5.11 Å². The Hall–Kier alpha value is -1.30. The fourth-order valence-corrected chi connectivity index (χ4v) is 2.30. The molecule has 1 heterocycles. The van der Waals surface area contributed by atoms with Crippen molar-refractivity contribution in [3.8, 4) is 0 Å². The van der Waals surface area contributed by atoms with Crippen molar-refractivity contribution in [1.29, 1.82) is 0 Å². The smallest absolute Gasteiger partial charge is 0.314 e. The minimum absolute atomic E-state index is 0.146. The van der Waals surface area contributed by atoms with Gasteiger partial charge in [-0.3, -0.25) is 4.79 Å². The number of aliphatic carboxylic acids is 1. The summed E-state index contributed by atoms with van der Waals surface area (Å²) in [6, 6.07) is -0.146. The van der Waals surface area contributed by atoms with Crippen LogP contribution in [0.1, 0.15) is 32.6 Å². The molecule has 6 heteroatoms. The second kappa shape index (κ2) is 8.79. The largest absolute Gasteiger partial charge is 0.481 e. The monoisotopic (exact) mass is 285 g/mol. The molecule has 1 unspecified atom stereocenters. The van der Waals surface area contributed by atoms with E-state index in [1.54, 1.807) is 6.92 Å². The highest BCUT2D eigenvalue weighted by molar-refractivity contribution is 5.73. The number of nitrogens with one attached hydrogen (secondary N) is 2. The average Bonchev–Trinajstić information content (AvgIpc) is 2.42. The number of urea groups is 1. The number of hydrogen-bond donors (Lipinski definition) is 3. The van der Waals surface area contributed by atoms with Gasteiger partial charge in [0.2, 0.25) is 0 Å². The van der Waals surface area contributed by atoms with Crippen LogP contribution in [0.15, 0.2) is 0 Å². The number of carbonyl (C=O) groups excluding carboxylic acids is 1. The predicted molar refractivity (Wildman–Crippen MR) is 77.7 cm³/mol. The fraction of sp³-hybridized carbons (Fsp3) is 0.857. The Balaban J connectivity index is 2.02. The SMILES string of the molecule is CC(CCCNC(=O)NCC1CCN(C)CC1)C(=O)O. The third-order valence-electron chi connectivity index (χ3n) is 3.91. The molecule has 0 aromatic rings. The number of piperidine rings is 1. The Kier molecular flexibility index (Phi) is 7.36. The van der Waals surface area contributed by atoms with Gasteiger partial charge in [0.25, 0.3) is 0 Å². The number of likely N-dealkylation sites (tertiary alicyclic amines) is 1. The zero-order chi connectivity index (χ0) is 15.0. The first-order valence-corrected chi connectivity index (χ1v) is 7.42. The summed E-state index contributed by atoms with van der Waals surface area (Å²) in [7, 11) is 2.12. The Morgan fingerprint density at radius 3 is 2.55 bits per heavy atom. The molecule has 1 atom stereocenters. The number of nitrogens with zero attached hydrogens (tertiary/aromatic N) is 1. The molecule has 0 radical (unpaired) electrons. The van der Waals surface area contributed by atoms with Crippen molar-refractivity contribution in [3.63, 3.8) is 0 Å². The van der Waals surface area contributed by atoms with E-state index in [2.05, 4.69) is 22.6 Å². The minimum atomic E-state index is -0.781. The Bertz CT molecular complexity index is 315. The summed E-state index contributed by atoms with van der Waals surface area (Å²) in [6.07, 6.45) is 3.54. The van der Waals surface area contributed by atoms with Gasteiger partial charge in [0.1, 0.15) is 0 Å². The molecule has 0 bridgehead atoms.